The largest absolute Gasteiger partial charge is 0.478 e. The molecule has 11 heteroatoms. The number of hydrogen-bond donors (Lipinski definition) is 1. The lowest BCUT2D eigenvalue weighted by molar-refractivity contribution is -0.165. The number of benzene rings is 1. The van der Waals surface area contributed by atoms with E-state index < -0.39 is 17.3 Å². The van der Waals surface area contributed by atoms with Crippen LogP contribution >= 0.6 is 0 Å². The molecule has 0 bridgehead atoms. The van der Waals surface area contributed by atoms with Crippen molar-refractivity contribution in [1.82, 2.24) is 19.4 Å². The Morgan fingerprint density at radius 1 is 1.15 bits per heavy atom. The van der Waals surface area contributed by atoms with Crippen molar-refractivity contribution in [3.63, 3.8) is 0 Å². The van der Waals surface area contributed by atoms with Crippen LogP contribution in [0.25, 0.3) is 11.0 Å². The van der Waals surface area contributed by atoms with Gasteiger partial charge in [-0.2, -0.15) is 4.98 Å². The third-order valence-corrected chi connectivity index (χ3v) is 7.96. The molecule has 1 atom stereocenters. The summed E-state index contributed by atoms with van der Waals surface area (Å²) in [5.41, 5.74) is 1.34. The predicted molar refractivity (Wildman–Crippen MR) is 141 cm³/mol. The SMILES string of the molecule is CC1(COc2cccc(N3CCN(Cc4nc5ccc(C(=O)O)cc5n4CC4CCO4)CC3)n2)CC(F)(F)C1. The molecule has 0 amide bonds. The van der Waals surface area contributed by atoms with E-state index in [2.05, 4.69) is 19.4 Å². The molecule has 39 heavy (non-hydrogen) atoms. The molecule has 1 aliphatic carbocycles. The summed E-state index contributed by atoms with van der Waals surface area (Å²) in [5, 5.41) is 9.47. The van der Waals surface area contributed by atoms with Crippen LogP contribution in [0.2, 0.25) is 0 Å². The van der Waals surface area contributed by atoms with Crippen LogP contribution < -0.4 is 9.64 Å². The minimum absolute atomic E-state index is 0.121. The molecule has 0 spiro atoms. The lowest BCUT2D eigenvalue weighted by Crippen LogP contribution is -2.47. The molecule has 1 N–H and O–H groups in total. The van der Waals surface area contributed by atoms with Crippen LogP contribution in [0.15, 0.2) is 36.4 Å². The minimum atomic E-state index is -2.58. The lowest BCUT2D eigenvalue weighted by Gasteiger charge is -2.44. The Bertz CT molecular complexity index is 1360. The standard InChI is InChI=1S/C28H33F2N5O4/c1-27(16-28(29,30)17-27)18-39-25-4-2-3-23(32-25)34-10-8-33(9-11-34)15-24-31-21-6-5-19(26(36)37)13-22(21)35(24)14-20-7-12-38-20/h2-6,13,20H,7-12,14-18H2,1H3,(H,36,37). The number of carbonyl (C=O) groups is 1. The van der Waals surface area contributed by atoms with Gasteiger partial charge in [-0.3, -0.25) is 4.90 Å². The van der Waals surface area contributed by atoms with Crippen molar-refractivity contribution >= 4 is 22.8 Å². The number of aromatic nitrogens is 3. The molecule has 1 saturated carbocycles. The van der Waals surface area contributed by atoms with Crippen LogP contribution in [0, 0.1) is 5.41 Å². The van der Waals surface area contributed by atoms with Gasteiger partial charge in [0.1, 0.15) is 11.6 Å². The van der Waals surface area contributed by atoms with Crippen molar-refractivity contribution in [2.24, 2.45) is 5.41 Å². The number of hydrogen-bond acceptors (Lipinski definition) is 7. The fourth-order valence-corrected chi connectivity index (χ4v) is 5.80. The monoisotopic (exact) mass is 541 g/mol. The summed E-state index contributed by atoms with van der Waals surface area (Å²) in [6.45, 7) is 7.28. The van der Waals surface area contributed by atoms with Gasteiger partial charge in [-0.25, -0.2) is 18.6 Å². The zero-order chi connectivity index (χ0) is 27.2. The molecular weight excluding hydrogens is 508 g/mol. The van der Waals surface area contributed by atoms with Crippen molar-refractivity contribution in [2.45, 2.75) is 51.3 Å². The lowest BCUT2D eigenvalue weighted by atomic mass is 9.68. The fourth-order valence-electron chi connectivity index (χ4n) is 5.80. The van der Waals surface area contributed by atoms with E-state index in [0.29, 0.717) is 19.0 Å². The number of rotatable bonds is 9. The van der Waals surface area contributed by atoms with E-state index in [0.717, 1.165) is 61.9 Å². The number of carboxylic acids is 1. The van der Waals surface area contributed by atoms with Crippen LogP contribution in [-0.2, 0) is 17.8 Å². The molecule has 1 unspecified atom stereocenters. The topological polar surface area (TPSA) is 93.0 Å². The molecule has 9 nitrogen and oxygen atoms in total. The molecule has 3 fully saturated rings. The zero-order valence-electron chi connectivity index (χ0n) is 22.0. The summed E-state index contributed by atoms with van der Waals surface area (Å²) in [7, 11) is 0. The van der Waals surface area contributed by atoms with E-state index in [9.17, 15) is 18.7 Å². The van der Waals surface area contributed by atoms with Gasteiger partial charge in [0.25, 0.3) is 0 Å². The Hall–Kier alpha value is -3.31. The second-order valence-electron chi connectivity index (χ2n) is 11.3. The summed E-state index contributed by atoms with van der Waals surface area (Å²) in [4.78, 5) is 25.6. The van der Waals surface area contributed by atoms with Crippen molar-refractivity contribution in [3.8, 4) is 5.88 Å². The molecular formula is C28H33F2N5O4. The van der Waals surface area contributed by atoms with Gasteiger partial charge in [0.2, 0.25) is 11.8 Å². The molecule has 2 saturated heterocycles. The van der Waals surface area contributed by atoms with Gasteiger partial charge in [-0.1, -0.05) is 13.0 Å². The number of alkyl halides is 2. The molecule has 1 aromatic carbocycles. The number of imidazole rings is 1. The number of pyridine rings is 1. The van der Waals surface area contributed by atoms with E-state index in [4.69, 9.17) is 14.5 Å². The van der Waals surface area contributed by atoms with Gasteiger partial charge < -0.3 is 24.0 Å². The third-order valence-electron chi connectivity index (χ3n) is 7.96. The molecule has 4 heterocycles. The number of fused-ring (bicyclic) bond motifs is 1. The fraction of sp³-hybridized carbons (Fsp3) is 0.536. The Kier molecular flexibility index (Phi) is 6.66. The first-order chi connectivity index (χ1) is 18.7. The second kappa shape index (κ2) is 10.0. The van der Waals surface area contributed by atoms with Crippen LogP contribution in [0.1, 0.15) is 42.4 Å². The van der Waals surface area contributed by atoms with Crippen molar-refractivity contribution in [3.05, 3.63) is 47.8 Å². The smallest absolute Gasteiger partial charge is 0.335 e. The number of nitrogens with zero attached hydrogens (tertiary/aromatic N) is 5. The third kappa shape index (κ3) is 5.56. The maximum atomic E-state index is 13.3. The number of aromatic carboxylic acids is 1. The van der Waals surface area contributed by atoms with Crippen molar-refractivity contribution in [2.75, 3.05) is 44.3 Å². The maximum Gasteiger partial charge on any atom is 0.335 e. The average molecular weight is 542 g/mol. The van der Waals surface area contributed by atoms with E-state index in [1.165, 1.54) is 0 Å². The van der Waals surface area contributed by atoms with Crippen LogP contribution in [0.4, 0.5) is 14.6 Å². The number of piperazine rings is 1. The molecule has 2 aromatic heterocycles. The first kappa shape index (κ1) is 25.9. The highest BCUT2D eigenvalue weighted by atomic mass is 19.3. The first-order valence-corrected chi connectivity index (χ1v) is 13.5. The van der Waals surface area contributed by atoms with E-state index in [1.807, 2.05) is 19.1 Å². The molecule has 2 aliphatic heterocycles. The van der Waals surface area contributed by atoms with E-state index in [1.54, 1.807) is 24.3 Å². The molecule has 6 rings (SSSR count). The predicted octanol–water partition coefficient (Wildman–Crippen LogP) is 4.05. The maximum absolute atomic E-state index is 13.3. The van der Waals surface area contributed by atoms with Crippen LogP contribution in [0.5, 0.6) is 5.88 Å². The van der Waals surface area contributed by atoms with Gasteiger partial charge in [-0.15, -0.1) is 0 Å². The second-order valence-corrected chi connectivity index (χ2v) is 11.3. The first-order valence-electron chi connectivity index (χ1n) is 13.5. The molecule has 0 radical (unpaired) electrons. The highest BCUT2D eigenvalue weighted by Crippen LogP contribution is 2.51. The Balaban J connectivity index is 1.10. The summed E-state index contributed by atoms with van der Waals surface area (Å²) >= 11 is 0. The Morgan fingerprint density at radius 2 is 1.92 bits per heavy atom. The molecule has 208 valence electrons. The summed E-state index contributed by atoms with van der Waals surface area (Å²) in [5.74, 6) is -1.36. The number of carboxylic acid groups (broad SMARTS) is 1. The zero-order valence-corrected chi connectivity index (χ0v) is 22.0. The molecule has 3 aliphatic rings. The minimum Gasteiger partial charge on any atom is -0.478 e. The van der Waals surface area contributed by atoms with Gasteiger partial charge in [0.05, 0.1) is 42.4 Å². The Labute approximate surface area is 225 Å². The number of halogens is 2. The van der Waals surface area contributed by atoms with E-state index in [-0.39, 0.29) is 31.1 Å². The van der Waals surface area contributed by atoms with E-state index >= 15 is 0 Å². The highest BCUT2D eigenvalue weighted by Gasteiger charge is 2.54. The van der Waals surface area contributed by atoms with Gasteiger partial charge in [-0.05, 0) is 30.7 Å². The highest BCUT2D eigenvalue weighted by molar-refractivity contribution is 5.92. The average Bonchev–Trinajstić information content (AvgIpc) is 3.20. The van der Waals surface area contributed by atoms with Crippen LogP contribution in [0.3, 0.4) is 0 Å². The normalized spacial score (nSPS) is 22.3. The Morgan fingerprint density at radius 3 is 2.59 bits per heavy atom. The van der Waals surface area contributed by atoms with Gasteiger partial charge in [0, 0.05) is 57.1 Å². The van der Waals surface area contributed by atoms with Gasteiger partial charge in [0.15, 0.2) is 0 Å². The summed E-state index contributed by atoms with van der Waals surface area (Å²) in [6, 6.07) is 10.7. The summed E-state index contributed by atoms with van der Waals surface area (Å²) in [6.07, 6.45) is 0.807. The quantitative estimate of drug-likeness (QED) is 0.434. The van der Waals surface area contributed by atoms with Gasteiger partial charge >= 0.3 is 5.97 Å². The summed E-state index contributed by atoms with van der Waals surface area (Å²) < 4.78 is 40.2. The number of anilines is 1. The number of ether oxygens (including phenoxy) is 2. The molecule has 3 aromatic rings. The van der Waals surface area contributed by atoms with Crippen molar-refractivity contribution < 1.29 is 28.2 Å². The van der Waals surface area contributed by atoms with Crippen LogP contribution in [-0.4, -0.2) is 81.9 Å². The van der Waals surface area contributed by atoms with Crippen molar-refractivity contribution in [1.29, 1.82) is 0 Å².